The summed E-state index contributed by atoms with van der Waals surface area (Å²) in [6, 6.07) is 14.5. The predicted molar refractivity (Wildman–Crippen MR) is 107 cm³/mol. The maximum absolute atomic E-state index is 14.0. The largest absolute Gasteiger partial charge is 0.493 e. The molecule has 0 bridgehead atoms. The number of halogens is 3. The van der Waals surface area contributed by atoms with E-state index >= 15 is 0 Å². The third kappa shape index (κ3) is 4.59. The van der Waals surface area contributed by atoms with Gasteiger partial charge in [0.15, 0.2) is 5.60 Å². The van der Waals surface area contributed by atoms with Crippen LogP contribution in [0.3, 0.4) is 0 Å². The molecule has 3 rings (SSSR count). The number of fused-ring (bicyclic) bond motifs is 1. The van der Waals surface area contributed by atoms with Gasteiger partial charge < -0.3 is 15.2 Å². The van der Waals surface area contributed by atoms with Crippen LogP contribution in [0.5, 0.6) is 5.75 Å². The van der Waals surface area contributed by atoms with Gasteiger partial charge in [-0.2, -0.15) is 13.2 Å². The molecule has 2 aromatic rings. The summed E-state index contributed by atoms with van der Waals surface area (Å²) in [6.07, 6.45) is -4.50. The molecule has 0 aromatic heterocycles. The molecular weight excluding hydrogens is 379 g/mol. The smallest absolute Gasteiger partial charge is 0.418 e. The second-order valence-electron chi connectivity index (χ2n) is 8.50. The number of alkyl halides is 3. The zero-order valence-corrected chi connectivity index (χ0v) is 17.0. The summed E-state index contributed by atoms with van der Waals surface area (Å²) in [5.74, 6) is 0.660. The topological polar surface area (TPSA) is 41.5 Å². The van der Waals surface area contributed by atoms with Crippen LogP contribution in [-0.2, 0) is 11.8 Å². The summed E-state index contributed by atoms with van der Waals surface area (Å²) in [7, 11) is 0. The summed E-state index contributed by atoms with van der Waals surface area (Å²) < 4.78 is 47.6. The van der Waals surface area contributed by atoms with Crippen LogP contribution in [0.2, 0.25) is 0 Å². The number of hydrogen-bond acceptors (Lipinski definition) is 3. The van der Waals surface area contributed by atoms with Gasteiger partial charge in [0.25, 0.3) is 0 Å². The zero-order valence-electron chi connectivity index (χ0n) is 17.0. The number of aliphatic hydroxyl groups is 1. The molecule has 158 valence electrons. The Morgan fingerprint density at radius 2 is 1.76 bits per heavy atom. The molecule has 0 aliphatic carbocycles. The van der Waals surface area contributed by atoms with Gasteiger partial charge in [-0.1, -0.05) is 62.4 Å². The second kappa shape index (κ2) is 8.00. The van der Waals surface area contributed by atoms with Gasteiger partial charge >= 0.3 is 6.18 Å². The molecule has 2 atom stereocenters. The Morgan fingerprint density at radius 3 is 2.41 bits per heavy atom. The van der Waals surface area contributed by atoms with Crippen LogP contribution in [0.15, 0.2) is 48.5 Å². The van der Waals surface area contributed by atoms with Gasteiger partial charge in [-0.15, -0.1) is 0 Å². The lowest BCUT2D eigenvalue weighted by Gasteiger charge is -2.39. The fourth-order valence-electron chi connectivity index (χ4n) is 4.02. The summed E-state index contributed by atoms with van der Waals surface area (Å²) in [6.45, 7) is 5.17. The Balaban J connectivity index is 1.82. The Morgan fingerprint density at radius 1 is 1.07 bits per heavy atom. The van der Waals surface area contributed by atoms with Crippen molar-refractivity contribution in [2.75, 3.05) is 13.2 Å². The minimum Gasteiger partial charge on any atom is -0.493 e. The van der Waals surface area contributed by atoms with Crippen molar-refractivity contribution in [2.45, 2.75) is 56.8 Å². The third-order valence-corrected chi connectivity index (χ3v) is 5.71. The van der Waals surface area contributed by atoms with Crippen LogP contribution in [0, 0.1) is 0 Å². The van der Waals surface area contributed by atoms with Crippen LogP contribution in [0.1, 0.15) is 49.9 Å². The number of nitrogens with one attached hydrogen (secondary N) is 1. The van der Waals surface area contributed by atoms with E-state index in [1.165, 1.54) is 0 Å². The lowest BCUT2D eigenvalue weighted by Crippen LogP contribution is -2.55. The first-order chi connectivity index (χ1) is 13.5. The van der Waals surface area contributed by atoms with Gasteiger partial charge in [0, 0.05) is 24.6 Å². The first-order valence-electron chi connectivity index (χ1n) is 9.86. The van der Waals surface area contributed by atoms with Gasteiger partial charge in [-0.05, 0) is 29.9 Å². The minimum absolute atomic E-state index is 0.322. The average Bonchev–Trinajstić information content (AvgIpc) is 3.14. The summed E-state index contributed by atoms with van der Waals surface area (Å²) in [5.41, 5.74) is -1.24. The van der Waals surface area contributed by atoms with Crippen molar-refractivity contribution in [3.63, 3.8) is 0 Å². The molecule has 0 unspecified atom stereocenters. The Hall–Kier alpha value is -2.05. The Kier molecular flexibility index (Phi) is 5.97. The van der Waals surface area contributed by atoms with Crippen LogP contribution in [0.4, 0.5) is 13.2 Å². The summed E-state index contributed by atoms with van der Waals surface area (Å²) in [4.78, 5) is 0. The molecule has 0 spiro atoms. The predicted octanol–water partition coefficient (Wildman–Crippen LogP) is 4.93. The minimum atomic E-state index is -4.77. The fourth-order valence-corrected chi connectivity index (χ4v) is 4.02. The normalized spacial score (nSPS) is 17.3. The van der Waals surface area contributed by atoms with Crippen molar-refractivity contribution in [1.82, 2.24) is 5.32 Å². The van der Waals surface area contributed by atoms with Gasteiger partial charge in [-0.3, -0.25) is 0 Å². The van der Waals surface area contributed by atoms with Crippen LogP contribution < -0.4 is 10.1 Å². The number of benzene rings is 2. The Bertz CT molecular complexity index is 836. The number of ether oxygens (including phenoxy) is 1. The standard InChI is InChI=1S/C23H28F3NO2/c1-16(17-8-5-4-6-9-17)27-15-22(28,23(24,25)26)14-21(2,3)19-11-7-10-18-12-13-29-20(18)19/h4-11,16,27-28H,12-15H2,1-3H3/t16-,22+/m1/s1. The van der Waals surface area contributed by atoms with E-state index in [0.29, 0.717) is 17.9 Å². The van der Waals surface area contributed by atoms with Crippen molar-refractivity contribution in [3.8, 4) is 5.75 Å². The molecule has 1 heterocycles. The van der Waals surface area contributed by atoms with E-state index in [0.717, 1.165) is 17.5 Å². The molecular formula is C23H28F3NO2. The molecule has 6 heteroatoms. The summed E-state index contributed by atoms with van der Waals surface area (Å²) >= 11 is 0. The maximum atomic E-state index is 14.0. The van der Waals surface area contributed by atoms with E-state index in [1.807, 2.05) is 42.5 Å². The highest BCUT2D eigenvalue weighted by Gasteiger charge is 2.56. The first kappa shape index (κ1) is 21.7. The van der Waals surface area contributed by atoms with Crippen molar-refractivity contribution >= 4 is 0 Å². The molecule has 0 saturated heterocycles. The van der Waals surface area contributed by atoms with Gasteiger partial charge in [0.1, 0.15) is 5.75 Å². The number of para-hydroxylation sites is 1. The van der Waals surface area contributed by atoms with E-state index in [4.69, 9.17) is 4.74 Å². The molecule has 3 nitrogen and oxygen atoms in total. The molecule has 0 fully saturated rings. The Labute approximate surface area is 169 Å². The lowest BCUT2D eigenvalue weighted by molar-refractivity contribution is -0.264. The van der Waals surface area contributed by atoms with Crippen molar-refractivity contribution in [1.29, 1.82) is 0 Å². The average molecular weight is 407 g/mol. The molecule has 2 aromatic carbocycles. The molecule has 29 heavy (non-hydrogen) atoms. The molecule has 0 amide bonds. The van der Waals surface area contributed by atoms with E-state index in [1.54, 1.807) is 26.8 Å². The first-order valence-corrected chi connectivity index (χ1v) is 9.86. The van der Waals surface area contributed by atoms with Crippen LogP contribution in [-0.4, -0.2) is 30.0 Å². The third-order valence-electron chi connectivity index (χ3n) is 5.71. The van der Waals surface area contributed by atoms with E-state index < -0.39 is 30.2 Å². The van der Waals surface area contributed by atoms with E-state index in [-0.39, 0.29) is 6.04 Å². The SMILES string of the molecule is C[C@@H](NC[C@@](O)(CC(C)(C)c1cccc2c1OCC2)C(F)(F)F)c1ccccc1. The highest BCUT2D eigenvalue weighted by Crippen LogP contribution is 2.45. The number of rotatable bonds is 7. The zero-order chi connectivity index (χ0) is 21.3. The highest BCUT2D eigenvalue weighted by molar-refractivity contribution is 5.47. The van der Waals surface area contributed by atoms with Crippen molar-refractivity contribution < 1.29 is 23.0 Å². The van der Waals surface area contributed by atoms with Crippen LogP contribution >= 0.6 is 0 Å². The molecule has 1 aliphatic rings. The molecule has 2 N–H and O–H groups in total. The summed E-state index contributed by atoms with van der Waals surface area (Å²) in [5, 5.41) is 13.6. The quantitative estimate of drug-likeness (QED) is 0.684. The molecule has 1 aliphatic heterocycles. The van der Waals surface area contributed by atoms with Gasteiger partial charge in [0.05, 0.1) is 6.61 Å². The van der Waals surface area contributed by atoms with Crippen LogP contribution in [0.25, 0.3) is 0 Å². The van der Waals surface area contributed by atoms with E-state index in [9.17, 15) is 18.3 Å². The highest BCUT2D eigenvalue weighted by atomic mass is 19.4. The van der Waals surface area contributed by atoms with E-state index in [2.05, 4.69) is 5.32 Å². The monoisotopic (exact) mass is 407 g/mol. The number of hydrogen-bond donors (Lipinski definition) is 2. The van der Waals surface area contributed by atoms with Gasteiger partial charge in [0.2, 0.25) is 0 Å². The van der Waals surface area contributed by atoms with Gasteiger partial charge in [-0.25, -0.2) is 0 Å². The van der Waals surface area contributed by atoms with Crippen molar-refractivity contribution in [3.05, 3.63) is 65.2 Å². The molecule has 0 saturated carbocycles. The second-order valence-corrected chi connectivity index (χ2v) is 8.50. The fraction of sp³-hybridized carbons (Fsp3) is 0.478. The van der Waals surface area contributed by atoms with Crippen molar-refractivity contribution in [2.24, 2.45) is 0 Å². The maximum Gasteiger partial charge on any atom is 0.418 e. The molecule has 0 radical (unpaired) electrons. The lowest BCUT2D eigenvalue weighted by atomic mass is 9.74.